The van der Waals surface area contributed by atoms with Gasteiger partial charge in [-0.25, -0.2) is 14.3 Å². The molecule has 0 aliphatic heterocycles. The number of halogens is 2. The number of carbonyl (C=O) groups is 2. The van der Waals surface area contributed by atoms with Crippen molar-refractivity contribution in [3.63, 3.8) is 0 Å². The lowest BCUT2D eigenvalue weighted by Crippen LogP contribution is -2.62. The Hall–Kier alpha value is -3.24. The van der Waals surface area contributed by atoms with Gasteiger partial charge in [-0.05, 0) is 54.5 Å². The molecule has 0 bridgehead atoms. The summed E-state index contributed by atoms with van der Waals surface area (Å²) in [6.45, 7) is 0.952. The number of amides is 2. The minimum atomic E-state index is -3.11. The Bertz CT molecular complexity index is 1000. The normalized spacial score (nSPS) is 13.1. The van der Waals surface area contributed by atoms with E-state index >= 15 is 0 Å². The molecule has 156 valence electrons. The molecule has 0 saturated heterocycles. The minimum Gasteiger partial charge on any atom is -0.370 e. The van der Waals surface area contributed by atoms with Crippen LogP contribution in [0.2, 0.25) is 0 Å². The summed E-state index contributed by atoms with van der Waals surface area (Å²) in [6, 6.07) is 5.99. The zero-order chi connectivity index (χ0) is 22.1. The Morgan fingerprint density at radius 3 is 2.27 bits per heavy atom. The summed E-state index contributed by atoms with van der Waals surface area (Å²) in [7, 11) is 0.977. The predicted molar refractivity (Wildman–Crippen MR) is 107 cm³/mol. The third-order valence-electron chi connectivity index (χ3n) is 4.24. The highest BCUT2D eigenvalue weighted by atomic mass is 32.1. The van der Waals surface area contributed by atoms with Crippen molar-refractivity contribution >= 4 is 23.2 Å². The van der Waals surface area contributed by atoms with Crippen molar-refractivity contribution in [2.75, 3.05) is 7.11 Å². The third-order valence-corrected chi connectivity index (χ3v) is 4.92. The summed E-state index contributed by atoms with van der Waals surface area (Å²) in [4.78, 5) is 24.3. The van der Waals surface area contributed by atoms with Gasteiger partial charge in [-0.2, -0.15) is 11.3 Å². The monoisotopic (exact) mass is 432 g/mol. The molecule has 9 heteroatoms. The molecule has 2 atom stereocenters. The minimum absolute atomic E-state index is 0.105. The molecule has 0 aliphatic rings. The number of nitrogens with one attached hydrogen (secondary N) is 2. The van der Waals surface area contributed by atoms with Gasteiger partial charge in [0, 0.05) is 29.2 Å². The number of methoxy groups -OCH3 is 1. The molecule has 2 unspecified atom stereocenters. The van der Waals surface area contributed by atoms with Crippen LogP contribution in [0, 0.1) is 23.7 Å². The predicted octanol–water partition coefficient (Wildman–Crippen LogP) is 2.43. The molecule has 1 heterocycles. The highest BCUT2D eigenvalue weighted by Crippen LogP contribution is 2.24. The van der Waals surface area contributed by atoms with Crippen LogP contribution in [0.3, 0.4) is 0 Å². The van der Waals surface area contributed by atoms with Gasteiger partial charge >= 0.3 is 0 Å². The zero-order valence-corrected chi connectivity index (χ0v) is 16.8. The van der Waals surface area contributed by atoms with Crippen LogP contribution in [-0.4, -0.2) is 42.2 Å². The number of hydrogen-bond donors (Lipinski definition) is 3. The van der Waals surface area contributed by atoms with Crippen molar-refractivity contribution in [3.05, 3.63) is 57.8 Å². The number of hydrogen-bond acceptors (Lipinski definition) is 5. The standard InChI is InChI=1S/C21H18F2N2O4S/c1-21(29-2,20(22)23)17(19(27)25-28)24-18(26)16-9-7-14(8-10-16)5-3-4-6-15-11-12-30-13-15/h7-13,17,20,28H,1-2H3,(H,24,26)(H,25,27). The van der Waals surface area contributed by atoms with Gasteiger partial charge in [0.15, 0.2) is 5.60 Å². The Labute approximate surface area is 176 Å². The lowest BCUT2D eigenvalue weighted by atomic mass is 9.95. The summed E-state index contributed by atoms with van der Waals surface area (Å²) in [5.74, 6) is 9.08. The van der Waals surface area contributed by atoms with Gasteiger partial charge in [-0.3, -0.25) is 14.8 Å². The Morgan fingerprint density at radius 2 is 1.77 bits per heavy atom. The van der Waals surface area contributed by atoms with E-state index in [1.165, 1.54) is 28.9 Å². The molecule has 0 fully saturated rings. The lowest BCUT2D eigenvalue weighted by molar-refractivity contribution is -0.157. The maximum atomic E-state index is 13.4. The van der Waals surface area contributed by atoms with Crippen molar-refractivity contribution in [1.29, 1.82) is 0 Å². The SMILES string of the molecule is COC(C)(C(F)F)C(NC(=O)c1ccc(C#CC#Cc2ccsc2)cc1)C(=O)NO. The van der Waals surface area contributed by atoms with Crippen LogP contribution < -0.4 is 10.8 Å². The molecule has 30 heavy (non-hydrogen) atoms. The van der Waals surface area contributed by atoms with E-state index in [1.807, 2.05) is 16.8 Å². The molecule has 2 aromatic rings. The van der Waals surface area contributed by atoms with Gasteiger partial charge in [0.2, 0.25) is 0 Å². The molecule has 3 N–H and O–H groups in total. The van der Waals surface area contributed by atoms with E-state index in [0.29, 0.717) is 5.56 Å². The van der Waals surface area contributed by atoms with Gasteiger partial charge < -0.3 is 10.1 Å². The topological polar surface area (TPSA) is 87.7 Å². The molecule has 0 saturated carbocycles. The van der Waals surface area contributed by atoms with E-state index in [2.05, 4.69) is 29.0 Å². The van der Waals surface area contributed by atoms with Crippen LogP contribution in [0.5, 0.6) is 0 Å². The maximum Gasteiger partial charge on any atom is 0.269 e. The Kier molecular flexibility index (Phi) is 8.07. The average Bonchev–Trinajstić information content (AvgIpc) is 3.27. The van der Waals surface area contributed by atoms with Gasteiger partial charge in [-0.15, -0.1) is 0 Å². The number of thiophene rings is 1. The van der Waals surface area contributed by atoms with Crippen LogP contribution in [0.1, 0.15) is 28.4 Å². The van der Waals surface area contributed by atoms with Crippen LogP contribution in [-0.2, 0) is 9.53 Å². The fraction of sp³-hybridized carbons (Fsp3) is 0.238. The largest absolute Gasteiger partial charge is 0.370 e. The third kappa shape index (κ3) is 5.65. The van der Waals surface area contributed by atoms with Crippen LogP contribution in [0.15, 0.2) is 41.1 Å². The molecular formula is C21H18F2N2O4S. The average molecular weight is 432 g/mol. The van der Waals surface area contributed by atoms with Crippen LogP contribution >= 0.6 is 11.3 Å². The second-order valence-corrected chi connectivity index (χ2v) is 6.94. The van der Waals surface area contributed by atoms with E-state index in [1.54, 1.807) is 12.1 Å². The van der Waals surface area contributed by atoms with Gasteiger partial charge in [0.05, 0.1) is 0 Å². The molecule has 2 rings (SSSR count). The fourth-order valence-corrected chi connectivity index (χ4v) is 2.92. The van der Waals surface area contributed by atoms with Gasteiger partial charge in [0.25, 0.3) is 18.2 Å². The van der Waals surface area contributed by atoms with Crippen molar-refractivity contribution in [2.24, 2.45) is 0 Å². The Balaban J connectivity index is 2.13. The first-order valence-electron chi connectivity index (χ1n) is 8.54. The van der Waals surface area contributed by atoms with Crippen molar-refractivity contribution in [3.8, 4) is 23.7 Å². The molecule has 0 radical (unpaired) electrons. The fourth-order valence-electron chi connectivity index (χ4n) is 2.33. The summed E-state index contributed by atoms with van der Waals surface area (Å²) in [5.41, 5.74) is 0.478. The summed E-state index contributed by atoms with van der Waals surface area (Å²) >= 11 is 1.53. The summed E-state index contributed by atoms with van der Waals surface area (Å²) in [6.07, 6.45) is -3.11. The van der Waals surface area contributed by atoms with Crippen molar-refractivity contribution in [2.45, 2.75) is 25.0 Å². The highest BCUT2D eigenvalue weighted by molar-refractivity contribution is 7.08. The lowest BCUT2D eigenvalue weighted by Gasteiger charge is -2.34. The van der Waals surface area contributed by atoms with Gasteiger partial charge in [-0.1, -0.05) is 11.8 Å². The Morgan fingerprint density at radius 1 is 1.13 bits per heavy atom. The van der Waals surface area contributed by atoms with Gasteiger partial charge in [0.1, 0.15) is 6.04 Å². The number of ether oxygens (including phenoxy) is 1. The quantitative estimate of drug-likeness (QED) is 0.372. The van der Waals surface area contributed by atoms with Crippen LogP contribution in [0.25, 0.3) is 0 Å². The highest BCUT2D eigenvalue weighted by Gasteiger charge is 2.48. The maximum absolute atomic E-state index is 13.4. The number of rotatable bonds is 6. The molecule has 2 amide bonds. The second-order valence-electron chi connectivity index (χ2n) is 6.16. The first kappa shape index (κ1) is 23.0. The van der Waals surface area contributed by atoms with Crippen molar-refractivity contribution < 1.29 is 28.3 Å². The van der Waals surface area contributed by atoms with E-state index in [9.17, 15) is 18.4 Å². The van der Waals surface area contributed by atoms with E-state index < -0.39 is 29.9 Å². The smallest absolute Gasteiger partial charge is 0.269 e. The number of benzene rings is 1. The molecular weight excluding hydrogens is 414 g/mol. The number of carbonyl (C=O) groups excluding carboxylic acids is 2. The zero-order valence-electron chi connectivity index (χ0n) is 16.0. The molecule has 0 spiro atoms. The first-order valence-corrected chi connectivity index (χ1v) is 9.48. The molecule has 6 nitrogen and oxygen atoms in total. The number of alkyl halides is 2. The first-order chi connectivity index (χ1) is 14.3. The second kappa shape index (κ2) is 10.5. The van der Waals surface area contributed by atoms with Crippen molar-refractivity contribution in [1.82, 2.24) is 10.8 Å². The van der Waals surface area contributed by atoms with Crippen LogP contribution in [0.4, 0.5) is 8.78 Å². The van der Waals surface area contributed by atoms with E-state index in [-0.39, 0.29) is 5.56 Å². The molecule has 0 aliphatic carbocycles. The number of hydroxylamine groups is 1. The molecule has 1 aromatic heterocycles. The van der Waals surface area contributed by atoms with E-state index in [4.69, 9.17) is 9.94 Å². The summed E-state index contributed by atoms with van der Waals surface area (Å²) < 4.78 is 31.6. The summed E-state index contributed by atoms with van der Waals surface area (Å²) in [5, 5.41) is 14.8. The van der Waals surface area contributed by atoms with E-state index in [0.717, 1.165) is 19.6 Å². The molecule has 1 aromatic carbocycles.